The van der Waals surface area contributed by atoms with Gasteiger partial charge in [0.05, 0.1) is 0 Å². The van der Waals surface area contributed by atoms with Crippen LogP contribution in [0.25, 0.3) is 0 Å². The van der Waals surface area contributed by atoms with Crippen LogP contribution in [0.3, 0.4) is 0 Å². The fourth-order valence-corrected chi connectivity index (χ4v) is 3.99. The van der Waals surface area contributed by atoms with E-state index in [-0.39, 0.29) is 10.7 Å². The highest BCUT2D eigenvalue weighted by Crippen LogP contribution is 2.38. The average molecular weight is 306 g/mol. The van der Waals surface area contributed by atoms with Gasteiger partial charge in [-0.25, -0.2) is 0 Å². The molecule has 0 bridgehead atoms. The van der Waals surface area contributed by atoms with Gasteiger partial charge >= 0.3 is 0 Å². The number of carbonyl (C=O) groups excluding carboxylic acids is 1. The Labute approximate surface area is 132 Å². The monoisotopic (exact) mass is 306 g/mol. The van der Waals surface area contributed by atoms with Crippen LogP contribution in [0.15, 0.2) is 18.2 Å². The van der Waals surface area contributed by atoms with Crippen LogP contribution in [-0.2, 0) is 0 Å². The summed E-state index contributed by atoms with van der Waals surface area (Å²) in [6.45, 7) is 2.80. The van der Waals surface area contributed by atoms with Gasteiger partial charge in [0.15, 0.2) is 0 Å². The van der Waals surface area contributed by atoms with Crippen molar-refractivity contribution in [3.05, 3.63) is 29.3 Å². The fraction of sp³-hybridized carbons (Fsp3) is 0.588. The van der Waals surface area contributed by atoms with Crippen molar-refractivity contribution in [2.75, 3.05) is 25.2 Å². The molecule has 1 aliphatic rings. The summed E-state index contributed by atoms with van der Waals surface area (Å²) in [7, 11) is 1.90. The number of amides is 1. The maximum absolute atomic E-state index is 12.4. The topological polar surface area (TPSA) is 41.1 Å². The van der Waals surface area contributed by atoms with Crippen LogP contribution >= 0.6 is 11.8 Å². The number of thioether (sulfide) groups is 1. The van der Waals surface area contributed by atoms with Crippen molar-refractivity contribution in [2.45, 2.75) is 43.8 Å². The van der Waals surface area contributed by atoms with E-state index in [1.54, 1.807) is 0 Å². The number of benzene rings is 1. The minimum Gasteiger partial charge on any atom is -0.388 e. The molecule has 4 heteroatoms. The molecule has 1 fully saturated rings. The van der Waals surface area contributed by atoms with Gasteiger partial charge in [-0.15, -0.1) is 0 Å². The highest BCUT2D eigenvalue weighted by molar-refractivity contribution is 8.00. The number of hydrogen-bond acceptors (Lipinski definition) is 3. The zero-order valence-electron chi connectivity index (χ0n) is 13.3. The van der Waals surface area contributed by atoms with Crippen molar-refractivity contribution in [3.63, 3.8) is 0 Å². The first-order valence-corrected chi connectivity index (χ1v) is 8.94. The molecule has 0 saturated heterocycles. The van der Waals surface area contributed by atoms with Crippen LogP contribution in [-0.4, -0.2) is 30.5 Å². The van der Waals surface area contributed by atoms with E-state index in [0.29, 0.717) is 0 Å². The van der Waals surface area contributed by atoms with E-state index >= 15 is 0 Å². The van der Waals surface area contributed by atoms with E-state index in [0.717, 1.165) is 23.4 Å². The van der Waals surface area contributed by atoms with Gasteiger partial charge in [0.2, 0.25) is 0 Å². The number of rotatable bonds is 5. The summed E-state index contributed by atoms with van der Waals surface area (Å²) in [5.74, 6) is 0.0414. The van der Waals surface area contributed by atoms with Crippen LogP contribution in [0.5, 0.6) is 0 Å². The van der Waals surface area contributed by atoms with E-state index in [1.807, 2.05) is 43.9 Å². The summed E-state index contributed by atoms with van der Waals surface area (Å²) in [6, 6.07) is 5.81. The number of hydrogen-bond donors (Lipinski definition) is 2. The Bertz CT molecular complexity index is 496. The predicted molar refractivity (Wildman–Crippen MR) is 92.4 cm³/mol. The Hall–Kier alpha value is -1.16. The van der Waals surface area contributed by atoms with Crippen molar-refractivity contribution >= 4 is 23.4 Å². The van der Waals surface area contributed by atoms with Gasteiger partial charge in [-0.1, -0.05) is 19.3 Å². The van der Waals surface area contributed by atoms with Crippen LogP contribution in [0.2, 0.25) is 0 Å². The number of carbonyl (C=O) groups is 1. The Kier molecular flexibility index (Phi) is 5.57. The van der Waals surface area contributed by atoms with Crippen LogP contribution in [0.1, 0.15) is 48.0 Å². The molecule has 3 nitrogen and oxygen atoms in total. The lowest BCUT2D eigenvalue weighted by Crippen LogP contribution is -2.41. The molecular formula is C17H26N2OS. The zero-order chi connectivity index (χ0) is 15.3. The van der Waals surface area contributed by atoms with Crippen LogP contribution in [0, 0.1) is 6.92 Å². The third kappa shape index (κ3) is 3.94. The van der Waals surface area contributed by atoms with Crippen molar-refractivity contribution < 1.29 is 4.79 Å². The lowest BCUT2D eigenvalue weighted by atomic mass is 9.88. The third-order valence-electron chi connectivity index (χ3n) is 4.53. The number of nitrogens with one attached hydrogen (secondary N) is 2. The molecule has 1 aromatic rings. The molecule has 0 spiro atoms. The van der Waals surface area contributed by atoms with Gasteiger partial charge in [-0.05, 0) is 49.8 Å². The van der Waals surface area contributed by atoms with E-state index in [1.165, 1.54) is 32.1 Å². The largest absolute Gasteiger partial charge is 0.388 e. The summed E-state index contributed by atoms with van der Waals surface area (Å²) in [6.07, 6.45) is 8.50. The molecule has 0 radical (unpaired) electrons. The quantitative estimate of drug-likeness (QED) is 0.868. The van der Waals surface area contributed by atoms with Gasteiger partial charge in [-0.2, -0.15) is 11.8 Å². The van der Waals surface area contributed by atoms with Crippen molar-refractivity contribution in [2.24, 2.45) is 0 Å². The van der Waals surface area contributed by atoms with E-state index in [4.69, 9.17) is 0 Å². The first-order valence-electron chi connectivity index (χ1n) is 7.72. The third-order valence-corrected chi connectivity index (χ3v) is 5.95. The van der Waals surface area contributed by atoms with Gasteiger partial charge < -0.3 is 10.6 Å². The summed E-state index contributed by atoms with van der Waals surface area (Å²) in [4.78, 5) is 12.4. The second-order valence-corrected chi connectivity index (χ2v) is 7.18. The SMILES string of the molecule is CNc1ccc(C(=O)NCC2(SC)CCCCC2)cc1C. The van der Waals surface area contributed by atoms with Gasteiger partial charge in [0.1, 0.15) is 0 Å². The summed E-state index contributed by atoms with van der Waals surface area (Å²) < 4.78 is 0.244. The molecule has 0 heterocycles. The van der Waals surface area contributed by atoms with E-state index in [2.05, 4.69) is 16.9 Å². The molecule has 0 unspecified atom stereocenters. The molecule has 0 atom stereocenters. The van der Waals surface area contributed by atoms with Crippen molar-refractivity contribution in [1.82, 2.24) is 5.32 Å². The Morgan fingerprint density at radius 2 is 2.00 bits per heavy atom. The van der Waals surface area contributed by atoms with Gasteiger partial charge in [-0.3, -0.25) is 4.79 Å². The molecular weight excluding hydrogens is 280 g/mol. The minimum atomic E-state index is 0.0414. The number of aryl methyl sites for hydroxylation is 1. The van der Waals surface area contributed by atoms with Gasteiger partial charge in [0.25, 0.3) is 5.91 Å². The lowest BCUT2D eigenvalue weighted by Gasteiger charge is -2.35. The lowest BCUT2D eigenvalue weighted by molar-refractivity contribution is 0.0947. The maximum atomic E-state index is 12.4. The summed E-state index contributed by atoms with van der Waals surface area (Å²) in [5, 5.41) is 6.27. The highest BCUT2D eigenvalue weighted by atomic mass is 32.2. The molecule has 1 aromatic carbocycles. The molecule has 1 amide bonds. The molecule has 116 valence electrons. The second kappa shape index (κ2) is 7.21. The molecule has 1 aliphatic carbocycles. The van der Waals surface area contributed by atoms with Crippen LogP contribution < -0.4 is 10.6 Å². The maximum Gasteiger partial charge on any atom is 0.251 e. The molecule has 0 aromatic heterocycles. The Morgan fingerprint density at radius 3 is 2.57 bits per heavy atom. The molecule has 2 rings (SSSR count). The second-order valence-electron chi connectivity index (χ2n) is 5.91. The summed E-state index contributed by atoms with van der Waals surface area (Å²) in [5.41, 5.74) is 2.92. The zero-order valence-corrected chi connectivity index (χ0v) is 14.1. The Balaban J connectivity index is 1.99. The molecule has 21 heavy (non-hydrogen) atoms. The predicted octanol–water partition coefficient (Wildman–Crippen LogP) is 3.83. The molecule has 2 N–H and O–H groups in total. The fourth-order valence-electron chi connectivity index (χ4n) is 3.08. The first kappa shape index (κ1) is 16.2. The van der Waals surface area contributed by atoms with Crippen LogP contribution in [0.4, 0.5) is 5.69 Å². The average Bonchev–Trinajstić information content (AvgIpc) is 2.53. The Morgan fingerprint density at radius 1 is 1.29 bits per heavy atom. The standard InChI is InChI=1S/C17H26N2OS/c1-13-11-14(7-8-15(13)18-2)16(20)19-12-17(21-3)9-5-4-6-10-17/h7-8,11,18H,4-6,9-10,12H2,1-3H3,(H,19,20). The highest BCUT2D eigenvalue weighted by Gasteiger charge is 2.31. The smallest absolute Gasteiger partial charge is 0.251 e. The molecule has 0 aliphatic heterocycles. The first-order chi connectivity index (χ1) is 10.1. The van der Waals surface area contributed by atoms with Crippen molar-refractivity contribution in [3.8, 4) is 0 Å². The van der Waals surface area contributed by atoms with E-state index < -0.39 is 0 Å². The normalized spacial score (nSPS) is 17.3. The summed E-state index contributed by atoms with van der Waals surface area (Å²) >= 11 is 1.91. The molecule has 1 saturated carbocycles. The van der Waals surface area contributed by atoms with Crippen molar-refractivity contribution in [1.29, 1.82) is 0 Å². The number of anilines is 1. The van der Waals surface area contributed by atoms with E-state index in [9.17, 15) is 4.79 Å². The minimum absolute atomic E-state index is 0.0414. The van der Waals surface area contributed by atoms with Gasteiger partial charge in [0, 0.05) is 29.6 Å².